The molecule has 0 N–H and O–H groups in total. The normalized spacial score (nSPS) is 10.8. The minimum absolute atomic E-state index is 0.886. The third-order valence-corrected chi connectivity index (χ3v) is 8.92. The third kappa shape index (κ3) is 3.59. The van der Waals surface area contributed by atoms with E-state index in [9.17, 15) is 0 Å². The first-order valence-corrected chi connectivity index (χ1v) is 10.3. The lowest BCUT2D eigenvalue weighted by atomic mass is 10.1. The summed E-state index contributed by atoms with van der Waals surface area (Å²) in [5, 5.41) is 0. The van der Waals surface area contributed by atoms with E-state index in [0.29, 0.717) is 0 Å². The molecule has 0 aliphatic heterocycles. The van der Waals surface area contributed by atoms with Crippen LogP contribution in [0.2, 0.25) is 18.1 Å². The summed E-state index contributed by atoms with van der Waals surface area (Å²) in [5.41, 5.74) is 6.39. The van der Waals surface area contributed by atoms with Crippen molar-refractivity contribution >= 4 is 8.07 Å². The number of pyridine rings is 2. The zero-order valence-corrected chi connectivity index (χ0v) is 14.1. The standard InChI is InChI=1S/C18H22N2Si/c1-4-21(5-2,6-3)15-12-16-10-9-14-20-18(16)17-11-7-8-13-19-17/h7-11,13-14H,4-6H2,1-3H3. The van der Waals surface area contributed by atoms with Crippen LogP contribution < -0.4 is 0 Å². The van der Waals surface area contributed by atoms with Crippen LogP contribution in [0.3, 0.4) is 0 Å². The molecule has 2 aromatic rings. The van der Waals surface area contributed by atoms with Gasteiger partial charge in [0.05, 0.1) is 11.3 Å². The van der Waals surface area contributed by atoms with Gasteiger partial charge < -0.3 is 0 Å². The second-order valence-corrected chi connectivity index (χ2v) is 10.1. The maximum Gasteiger partial charge on any atom is 0.138 e. The van der Waals surface area contributed by atoms with Crippen molar-refractivity contribution in [2.45, 2.75) is 38.9 Å². The monoisotopic (exact) mass is 294 g/mol. The summed E-state index contributed by atoms with van der Waals surface area (Å²) < 4.78 is 0. The van der Waals surface area contributed by atoms with E-state index in [1.165, 1.54) is 18.1 Å². The molecule has 2 rings (SSSR count). The summed E-state index contributed by atoms with van der Waals surface area (Å²) in [4.78, 5) is 8.87. The van der Waals surface area contributed by atoms with Gasteiger partial charge in [-0.1, -0.05) is 32.8 Å². The summed E-state index contributed by atoms with van der Waals surface area (Å²) in [7, 11) is -1.43. The van der Waals surface area contributed by atoms with Gasteiger partial charge in [-0.15, -0.1) is 5.54 Å². The Morgan fingerprint density at radius 2 is 1.62 bits per heavy atom. The predicted octanol–water partition coefficient (Wildman–Crippen LogP) is 4.54. The first-order chi connectivity index (χ1) is 10.2. The summed E-state index contributed by atoms with van der Waals surface area (Å²) in [6.07, 6.45) is 3.60. The van der Waals surface area contributed by atoms with E-state index in [4.69, 9.17) is 0 Å². The Morgan fingerprint density at radius 1 is 0.905 bits per heavy atom. The van der Waals surface area contributed by atoms with E-state index in [1.807, 2.05) is 30.3 Å². The van der Waals surface area contributed by atoms with Crippen LogP contribution in [0.4, 0.5) is 0 Å². The molecule has 0 fully saturated rings. The molecule has 0 radical (unpaired) electrons. The fourth-order valence-corrected chi connectivity index (χ4v) is 4.86. The van der Waals surface area contributed by atoms with E-state index < -0.39 is 8.07 Å². The molecular formula is C18H22N2Si. The molecule has 0 amide bonds. The number of aromatic nitrogens is 2. The van der Waals surface area contributed by atoms with Crippen molar-refractivity contribution in [3.8, 4) is 22.9 Å². The van der Waals surface area contributed by atoms with Gasteiger partial charge >= 0.3 is 0 Å². The first kappa shape index (κ1) is 15.5. The Bertz CT molecular complexity index is 629. The molecule has 0 atom stereocenters. The molecule has 108 valence electrons. The van der Waals surface area contributed by atoms with Crippen LogP contribution in [0.25, 0.3) is 11.4 Å². The van der Waals surface area contributed by atoms with Crippen molar-refractivity contribution in [1.29, 1.82) is 0 Å². The largest absolute Gasteiger partial charge is 0.255 e. The van der Waals surface area contributed by atoms with E-state index in [2.05, 4.69) is 42.2 Å². The molecule has 2 heterocycles. The highest BCUT2D eigenvalue weighted by atomic mass is 28.3. The number of nitrogens with zero attached hydrogens (tertiary/aromatic N) is 2. The van der Waals surface area contributed by atoms with Gasteiger partial charge in [-0.05, 0) is 42.4 Å². The van der Waals surface area contributed by atoms with Crippen molar-refractivity contribution in [3.63, 3.8) is 0 Å². The molecule has 2 aromatic heterocycles. The average molecular weight is 294 g/mol. The molecule has 0 saturated carbocycles. The zero-order chi connectivity index (χ0) is 15.1. The highest BCUT2D eigenvalue weighted by Crippen LogP contribution is 2.21. The van der Waals surface area contributed by atoms with Crippen molar-refractivity contribution in [2.75, 3.05) is 0 Å². The first-order valence-electron chi connectivity index (χ1n) is 7.64. The SMILES string of the molecule is CC[Si](C#Cc1cccnc1-c1ccccn1)(CC)CC. The summed E-state index contributed by atoms with van der Waals surface area (Å²) in [5.74, 6) is 3.41. The minimum Gasteiger partial charge on any atom is -0.255 e. The lowest BCUT2D eigenvalue weighted by Gasteiger charge is -2.20. The molecule has 0 spiro atoms. The molecule has 21 heavy (non-hydrogen) atoms. The van der Waals surface area contributed by atoms with Crippen molar-refractivity contribution in [2.24, 2.45) is 0 Å². The van der Waals surface area contributed by atoms with Crippen molar-refractivity contribution in [3.05, 3.63) is 48.3 Å². The smallest absolute Gasteiger partial charge is 0.138 e. The second-order valence-electron chi connectivity index (χ2n) is 5.21. The Balaban J connectivity index is 2.43. The Hall–Kier alpha value is -1.92. The zero-order valence-electron chi connectivity index (χ0n) is 13.1. The molecule has 0 aliphatic rings. The molecule has 0 saturated heterocycles. The van der Waals surface area contributed by atoms with E-state index in [0.717, 1.165) is 17.0 Å². The van der Waals surface area contributed by atoms with E-state index in [-0.39, 0.29) is 0 Å². The fraction of sp³-hybridized carbons (Fsp3) is 0.333. The average Bonchev–Trinajstić information content (AvgIpc) is 2.58. The maximum absolute atomic E-state index is 4.48. The topological polar surface area (TPSA) is 25.8 Å². The van der Waals surface area contributed by atoms with Crippen LogP contribution in [0.5, 0.6) is 0 Å². The fourth-order valence-electron chi connectivity index (χ4n) is 2.43. The van der Waals surface area contributed by atoms with Crippen LogP contribution in [-0.4, -0.2) is 18.0 Å². The van der Waals surface area contributed by atoms with Gasteiger partial charge in [0.1, 0.15) is 13.8 Å². The molecule has 0 unspecified atom stereocenters. The van der Waals surface area contributed by atoms with Crippen LogP contribution in [0.1, 0.15) is 26.3 Å². The lowest BCUT2D eigenvalue weighted by molar-refractivity contribution is 1.20. The summed E-state index contributed by atoms with van der Waals surface area (Å²) >= 11 is 0. The molecule has 0 aromatic carbocycles. The number of rotatable bonds is 4. The molecule has 0 bridgehead atoms. The van der Waals surface area contributed by atoms with E-state index >= 15 is 0 Å². The maximum atomic E-state index is 4.48. The van der Waals surface area contributed by atoms with Gasteiger partial charge in [0.2, 0.25) is 0 Å². The van der Waals surface area contributed by atoms with Gasteiger partial charge in [0, 0.05) is 12.4 Å². The van der Waals surface area contributed by atoms with Gasteiger partial charge in [-0.25, -0.2) is 0 Å². The Morgan fingerprint density at radius 3 is 2.24 bits per heavy atom. The second kappa shape index (κ2) is 7.19. The highest BCUT2D eigenvalue weighted by molar-refractivity contribution is 6.87. The quantitative estimate of drug-likeness (QED) is 0.611. The molecule has 3 heteroatoms. The van der Waals surface area contributed by atoms with Crippen LogP contribution in [-0.2, 0) is 0 Å². The van der Waals surface area contributed by atoms with Crippen LogP contribution >= 0.6 is 0 Å². The lowest BCUT2D eigenvalue weighted by Crippen LogP contribution is -2.29. The predicted molar refractivity (Wildman–Crippen MR) is 91.5 cm³/mol. The molecule has 0 aliphatic carbocycles. The van der Waals surface area contributed by atoms with Crippen molar-refractivity contribution < 1.29 is 0 Å². The number of hydrogen-bond donors (Lipinski definition) is 0. The van der Waals surface area contributed by atoms with Gasteiger partial charge in [0.25, 0.3) is 0 Å². The molecule has 2 nitrogen and oxygen atoms in total. The van der Waals surface area contributed by atoms with Crippen LogP contribution in [0.15, 0.2) is 42.7 Å². The van der Waals surface area contributed by atoms with Gasteiger partial charge in [-0.3, -0.25) is 9.97 Å². The Labute approximate surface area is 128 Å². The van der Waals surface area contributed by atoms with Gasteiger partial charge in [0.15, 0.2) is 0 Å². The Kier molecular flexibility index (Phi) is 5.30. The summed E-state index contributed by atoms with van der Waals surface area (Å²) in [6, 6.07) is 13.5. The van der Waals surface area contributed by atoms with Crippen LogP contribution in [0, 0.1) is 11.5 Å². The molecular weight excluding hydrogens is 272 g/mol. The minimum atomic E-state index is -1.43. The van der Waals surface area contributed by atoms with Gasteiger partial charge in [-0.2, -0.15) is 0 Å². The van der Waals surface area contributed by atoms with E-state index in [1.54, 1.807) is 12.4 Å². The highest BCUT2D eigenvalue weighted by Gasteiger charge is 2.24. The number of hydrogen-bond acceptors (Lipinski definition) is 2. The third-order valence-electron chi connectivity index (χ3n) is 4.21. The van der Waals surface area contributed by atoms with Crippen molar-refractivity contribution in [1.82, 2.24) is 9.97 Å². The summed E-state index contributed by atoms with van der Waals surface area (Å²) in [6.45, 7) is 6.82.